The van der Waals surface area contributed by atoms with Crippen molar-refractivity contribution in [3.8, 4) is 5.69 Å². The molecule has 2 N–H and O–H groups in total. The third-order valence-electron chi connectivity index (χ3n) is 6.13. The summed E-state index contributed by atoms with van der Waals surface area (Å²) in [5.74, 6) is 0.438. The van der Waals surface area contributed by atoms with Crippen molar-refractivity contribution in [2.75, 3.05) is 11.1 Å². The lowest BCUT2D eigenvalue weighted by Crippen LogP contribution is -2.25. The van der Waals surface area contributed by atoms with E-state index in [0.29, 0.717) is 16.5 Å². The quantitative estimate of drug-likeness (QED) is 0.281. The summed E-state index contributed by atoms with van der Waals surface area (Å²) >= 11 is 1.30. The average Bonchev–Trinajstić information content (AvgIpc) is 3.31. The van der Waals surface area contributed by atoms with Crippen LogP contribution in [0.2, 0.25) is 0 Å². The minimum Gasteiger partial charge on any atom is -0.345 e. The van der Waals surface area contributed by atoms with Crippen LogP contribution in [-0.4, -0.2) is 32.3 Å². The van der Waals surface area contributed by atoms with Crippen LogP contribution in [0.4, 0.5) is 5.69 Å². The van der Waals surface area contributed by atoms with Gasteiger partial charge in [0.25, 0.3) is 5.91 Å². The molecular weight excluding hydrogens is 494 g/mol. The van der Waals surface area contributed by atoms with E-state index in [-0.39, 0.29) is 29.5 Å². The summed E-state index contributed by atoms with van der Waals surface area (Å²) in [6.45, 7) is 10.6. The number of aromatic nitrogens is 3. The number of nitrogens with one attached hydrogen (secondary N) is 2. The molecule has 1 heterocycles. The van der Waals surface area contributed by atoms with E-state index in [4.69, 9.17) is 0 Å². The van der Waals surface area contributed by atoms with Crippen molar-refractivity contribution in [1.29, 1.82) is 0 Å². The van der Waals surface area contributed by atoms with Crippen molar-refractivity contribution in [2.24, 2.45) is 0 Å². The molecule has 4 aromatic rings. The number of amides is 2. The molecule has 0 saturated heterocycles. The normalized spacial score (nSPS) is 11.3. The number of hydrogen-bond acceptors (Lipinski definition) is 5. The molecule has 0 aliphatic heterocycles. The molecule has 8 heteroatoms. The molecule has 3 aromatic carbocycles. The molecule has 0 aliphatic carbocycles. The van der Waals surface area contributed by atoms with Crippen molar-refractivity contribution < 1.29 is 9.59 Å². The Morgan fingerprint density at radius 3 is 2.32 bits per heavy atom. The summed E-state index contributed by atoms with van der Waals surface area (Å²) in [4.78, 5) is 25.6. The second kappa shape index (κ2) is 11.6. The second-order valence-electron chi connectivity index (χ2n) is 10.2. The molecule has 38 heavy (non-hydrogen) atoms. The van der Waals surface area contributed by atoms with E-state index in [2.05, 4.69) is 41.6 Å². The van der Waals surface area contributed by atoms with Crippen LogP contribution in [0.15, 0.2) is 78.0 Å². The van der Waals surface area contributed by atoms with E-state index in [0.717, 1.165) is 22.5 Å². The molecule has 4 rings (SSSR count). The summed E-state index contributed by atoms with van der Waals surface area (Å²) in [6.07, 6.45) is 0. The number of carbonyl (C=O) groups is 2. The first-order valence-corrected chi connectivity index (χ1v) is 13.5. The fourth-order valence-corrected chi connectivity index (χ4v) is 4.69. The highest BCUT2D eigenvalue weighted by Gasteiger charge is 2.18. The van der Waals surface area contributed by atoms with Crippen LogP contribution >= 0.6 is 11.8 Å². The number of aryl methyl sites for hydroxylation is 2. The Morgan fingerprint density at radius 2 is 1.63 bits per heavy atom. The van der Waals surface area contributed by atoms with E-state index in [1.807, 2.05) is 91.2 Å². The van der Waals surface area contributed by atoms with E-state index in [1.165, 1.54) is 17.3 Å². The van der Waals surface area contributed by atoms with Crippen LogP contribution in [0.1, 0.15) is 53.6 Å². The maximum atomic E-state index is 12.8. The predicted octanol–water partition coefficient (Wildman–Crippen LogP) is 5.84. The summed E-state index contributed by atoms with van der Waals surface area (Å²) in [5, 5.41) is 15.2. The monoisotopic (exact) mass is 527 g/mol. The molecule has 0 fully saturated rings. The van der Waals surface area contributed by atoms with Crippen molar-refractivity contribution in [2.45, 2.75) is 51.7 Å². The van der Waals surface area contributed by atoms with Gasteiger partial charge in [-0.2, -0.15) is 0 Å². The zero-order chi connectivity index (χ0) is 27.3. The van der Waals surface area contributed by atoms with Crippen molar-refractivity contribution in [3.05, 3.63) is 101 Å². The van der Waals surface area contributed by atoms with Gasteiger partial charge >= 0.3 is 0 Å². The molecule has 196 valence electrons. The van der Waals surface area contributed by atoms with Crippen molar-refractivity contribution in [3.63, 3.8) is 0 Å². The van der Waals surface area contributed by atoms with E-state index >= 15 is 0 Å². The molecule has 0 atom stereocenters. The Bertz CT molecular complexity index is 1420. The van der Waals surface area contributed by atoms with Gasteiger partial charge in [-0.25, -0.2) is 0 Å². The van der Waals surface area contributed by atoms with Crippen molar-refractivity contribution in [1.82, 2.24) is 20.1 Å². The first-order chi connectivity index (χ1) is 18.1. The lowest BCUT2D eigenvalue weighted by molar-refractivity contribution is -0.113. The van der Waals surface area contributed by atoms with Crippen molar-refractivity contribution >= 4 is 29.3 Å². The lowest BCUT2D eigenvalue weighted by Gasteiger charge is -2.19. The highest BCUT2D eigenvalue weighted by molar-refractivity contribution is 7.99. The first-order valence-electron chi connectivity index (χ1n) is 12.5. The minimum absolute atomic E-state index is 0.0188. The number of thioether (sulfide) groups is 1. The van der Waals surface area contributed by atoms with Crippen LogP contribution in [0.5, 0.6) is 0 Å². The highest BCUT2D eigenvalue weighted by Crippen LogP contribution is 2.24. The Hall–Kier alpha value is -3.91. The maximum absolute atomic E-state index is 12.8. The van der Waals surface area contributed by atoms with Gasteiger partial charge in [0.1, 0.15) is 0 Å². The Balaban J connectivity index is 1.47. The van der Waals surface area contributed by atoms with E-state index < -0.39 is 0 Å². The molecule has 0 aliphatic rings. The summed E-state index contributed by atoms with van der Waals surface area (Å²) in [7, 11) is 0. The first kappa shape index (κ1) is 27.1. The number of carbonyl (C=O) groups excluding carboxylic acids is 2. The third-order valence-corrected chi connectivity index (χ3v) is 7.06. The fraction of sp³-hybridized carbons (Fsp3) is 0.267. The maximum Gasteiger partial charge on any atom is 0.251 e. The van der Waals surface area contributed by atoms with Gasteiger partial charge in [0.05, 0.1) is 12.3 Å². The van der Waals surface area contributed by atoms with Gasteiger partial charge < -0.3 is 10.6 Å². The lowest BCUT2D eigenvalue weighted by atomic mass is 9.87. The molecule has 1 aromatic heterocycles. The zero-order valence-corrected chi connectivity index (χ0v) is 23.2. The number of hydrogen-bond donors (Lipinski definition) is 2. The SMILES string of the molecule is Cc1ccc(C)c(NC(=O)CSc2nnc(CNC(=O)c3ccc(C(C)(C)C)cc3)n2-c2ccccc2)c1. The Labute approximate surface area is 228 Å². The highest BCUT2D eigenvalue weighted by atomic mass is 32.2. The topological polar surface area (TPSA) is 88.9 Å². The predicted molar refractivity (Wildman–Crippen MR) is 153 cm³/mol. The summed E-state index contributed by atoms with van der Waals surface area (Å²) in [6, 6.07) is 23.3. The fourth-order valence-electron chi connectivity index (χ4n) is 3.91. The van der Waals surface area contributed by atoms with E-state index in [1.54, 1.807) is 0 Å². The van der Waals surface area contributed by atoms with Crippen LogP contribution in [-0.2, 0) is 16.8 Å². The second-order valence-corrected chi connectivity index (χ2v) is 11.2. The van der Waals surface area contributed by atoms with Crippen LogP contribution in [0.25, 0.3) is 5.69 Å². The van der Waals surface area contributed by atoms with Gasteiger partial charge in [0.2, 0.25) is 5.91 Å². The standard InChI is InChI=1S/C30H33N5O2S/c1-20-11-12-21(2)25(17-20)32-27(36)19-38-29-34-33-26(35(29)24-9-7-6-8-10-24)18-31-28(37)22-13-15-23(16-14-22)30(3,4)5/h6-17H,18-19H2,1-5H3,(H,31,37)(H,32,36). The molecule has 0 unspecified atom stereocenters. The van der Waals surface area contributed by atoms with Gasteiger partial charge in [-0.15, -0.1) is 10.2 Å². The minimum atomic E-state index is -0.185. The molecule has 0 radical (unpaired) electrons. The number of rotatable bonds is 8. The summed E-state index contributed by atoms with van der Waals surface area (Å²) in [5.41, 5.74) is 5.52. The smallest absolute Gasteiger partial charge is 0.251 e. The average molecular weight is 528 g/mol. The van der Waals surface area contributed by atoms with E-state index in [9.17, 15) is 9.59 Å². The molecule has 2 amide bonds. The number of nitrogens with zero attached hydrogens (tertiary/aromatic N) is 3. The largest absolute Gasteiger partial charge is 0.345 e. The molecule has 0 bridgehead atoms. The molecular formula is C30H33N5O2S. The molecule has 0 spiro atoms. The number of benzene rings is 3. The summed E-state index contributed by atoms with van der Waals surface area (Å²) < 4.78 is 1.87. The Morgan fingerprint density at radius 1 is 0.921 bits per heavy atom. The van der Waals surface area contributed by atoms with Gasteiger partial charge in [-0.1, -0.05) is 75.0 Å². The third kappa shape index (κ3) is 6.69. The van der Waals surface area contributed by atoms with Gasteiger partial charge in [0.15, 0.2) is 11.0 Å². The Kier molecular flexibility index (Phi) is 8.32. The number of para-hydroxylation sites is 1. The van der Waals surface area contributed by atoms with Crippen LogP contribution in [0.3, 0.4) is 0 Å². The zero-order valence-electron chi connectivity index (χ0n) is 22.4. The van der Waals surface area contributed by atoms with Gasteiger partial charge in [-0.05, 0) is 66.3 Å². The van der Waals surface area contributed by atoms with Gasteiger partial charge in [0, 0.05) is 16.9 Å². The van der Waals surface area contributed by atoms with Crippen LogP contribution in [0, 0.1) is 13.8 Å². The molecule has 0 saturated carbocycles. The van der Waals surface area contributed by atoms with Crippen LogP contribution < -0.4 is 10.6 Å². The molecule has 7 nitrogen and oxygen atoms in total. The van der Waals surface area contributed by atoms with Gasteiger partial charge in [-0.3, -0.25) is 14.2 Å². The number of anilines is 1.